The van der Waals surface area contributed by atoms with Gasteiger partial charge in [-0.05, 0) is 12.8 Å². The number of amides is 2. The molecule has 1 heterocycles. The maximum Gasteiger partial charge on any atom is 0.237 e. The fraction of sp³-hybridized carbons (Fsp3) is 0.571. The van der Waals surface area contributed by atoms with Crippen LogP contribution >= 0.6 is 0 Å². The van der Waals surface area contributed by atoms with E-state index >= 15 is 0 Å². The Bertz CT molecular complexity index is 352. The van der Waals surface area contributed by atoms with Crippen molar-refractivity contribution in [3.63, 3.8) is 0 Å². The molecule has 0 aromatic carbocycles. The Morgan fingerprint density at radius 2 is 1.80 bits per heavy atom. The van der Waals surface area contributed by atoms with Gasteiger partial charge in [-0.15, -0.1) is 13.2 Å². The van der Waals surface area contributed by atoms with E-state index < -0.39 is 0 Å². The van der Waals surface area contributed by atoms with Crippen LogP contribution in [0.4, 0.5) is 0 Å². The van der Waals surface area contributed by atoms with E-state index in [1.807, 2.05) is 4.90 Å². The molecule has 0 aromatic rings. The molecule has 0 saturated carbocycles. The number of piperidine rings is 1. The van der Waals surface area contributed by atoms with Gasteiger partial charge < -0.3 is 4.90 Å². The van der Waals surface area contributed by atoms with Gasteiger partial charge in [0.2, 0.25) is 11.8 Å². The summed E-state index contributed by atoms with van der Waals surface area (Å²) in [7, 11) is 0. The summed E-state index contributed by atoms with van der Waals surface area (Å²) in [6.45, 7) is 10.2. The monoisotopic (exact) mass is 280 g/mol. The quantitative estimate of drug-likeness (QED) is 0.295. The smallest absolute Gasteiger partial charge is 0.237 e. The maximum atomic E-state index is 12.2. The van der Waals surface area contributed by atoms with Crippen LogP contribution in [-0.4, -0.2) is 54.3 Å². The summed E-state index contributed by atoms with van der Waals surface area (Å²) >= 11 is 0. The van der Waals surface area contributed by atoms with Gasteiger partial charge in [-0.2, -0.15) is 0 Å². The Hall–Kier alpha value is -1.66. The van der Waals surface area contributed by atoms with Gasteiger partial charge in [0.05, 0.1) is 6.54 Å². The Morgan fingerprint density at radius 3 is 2.25 bits per heavy atom. The number of carbonyl (C=O) groups is 2. The predicted octanol–water partition coefficient (Wildman–Crippen LogP) is -0.111. The molecule has 1 rings (SSSR count). The van der Waals surface area contributed by atoms with Gasteiger partial charge in [0.25, 0.3) is 0 Å². The number of nitrogens with zero attached hydrogens (tertiary/aromatic N) is 2. The van der Waals surface area contributed by atoms with Crippen LogP contribution in [0, 0.1) is 5.92 Å². The first-order valence-electron chi connectivity index (χ1n) is 6.84. The fourth-order valence-corrected chi connectivity index (χ4v) is 2.37. The zero-order valence-corrected chi connectivity index (χ0v) is 11.9. The Balaban J connectivity index is 2.43. The second-order valence-electron chi connectivity index (χ2n) is 4.94. The minimum atomic E-state index is -0.142. The van der Waals surface area contributed by atoms with E-state index in [0.717, 1.165) is 0 Å². The molecule has 6 nitrogen and oxygen atoms in total. The number of carbonyl (C=O) groups excluding carboxylic acids is 2. The van der Waals surface area contributed by atoms with Crippen molar-refractivity contribution >= 4 is 11.8 Å². The largest absolute Gasteiger partial charge is 0.342 e. The maximum absolute atomic E-state index is 12.2. The van der Waals surface area contributed by atoms with Crippen LogP contribution in [0.5, 0.6) is 0 Å². The Labute approximate surface area is 120 Å². The second-order valence-corrected chi connectivity index (χ2v) is 4.94. The van der Waals surface area contributed by atoms with E-state index in [1.165, 1.54) is 0 Å². The highest BCUT2D eigenvalue weighted by Gasteiger charge is 2.27. The van der Waals surface area contributed by atoms with Crippen LogP contribution in [0.3, 0.4) is 0 Å². The van der Waals surface area contributed by atoms with E-state index in [1.54, 1.807) is 17.1 Å². The van der Waals surface area contributed by atoms with Gasteiger partial charge in [0.15, 0.2) is 0 Å². The van der Waals surface area contributed by atoms with Crippen molar-refractivity contribution in [2.75, 3.05) is 32.7 Å². The second kappa shape index (κ2) is 8.50. The first kappa shape index (κ1) is 16.4. The van der Waals surface area contributed by atoms with Crippen molar-refractivity contribution in [3.8, 4) is 0 Å². The molecule has 0 unspecified atom stereocenters. The average Bonchev–Trinajstić information content (AvgIpc) is 2.47. The summed E-state index contributed by atoms with van der Waals surface area (Å²) in [6, 6.07) is 0. The standard InChI is InChI=1S/C14H24N4O2/c1-3-7-17(8-4-2)11-13(19)18-9-5-12(6-10-18)14(20)16-15/h3-4,12H,1-2,5-11,15H2,(H,16,20). The molecule has 20 heavy (non-hydrogen) atoms. The van der Waals surface area contributed by atoms with Crippen molar-refractivity contribution in [2.24, 2.45) is 11.8 Å². The molecule has 1 saturated heterocycles. The van der Waals surface area contributed by atoms with Crippen molar-refractivity contribution in [3.05, 3.63) is 25.3 Å². The Morgan fingerprint density at radius 1 is 1.25 bits per heavy atom. The molecule has 0 aromatic heterocycles. The van der Waals surface area contributed by atoms with Gasteiger partial charge in [-0.3, -0.25) is 19.9 Å². The first-order valence-corrected chi connectivity index (χ1v) is 6.84. The minimum Gasteiger partial charge on any atom is -0.342 e. The lowest BCUT2D eigenvalue weighted by Crippen LogP contribution is -2.47. The van der Waals surface area contributed by atoms with Gasteiger partial charge in [-0.25, -0.2) is 5.84 Å². The van der Waals surface area contributed by atoms with Crippen molar-refractivity contribution < 1.29 is 9.59 Å². The number of nitrogens with two attached hydrogens (primary N) is 1. The van der Waals surface area contributed by atoms with Crippen LogP contribution in [0.2, 0.25) is 0 Å². The number of hydrogen-bond donors (Lipinski definition) is 2. The molecule has 0 aliphatic carbocycles. The molecule has 0 atom stereocenters. The summed E-state index contributed by atoms with van der Waals surface area (Å²) in [5, 5.41) is 0. The molecule has 1 fully saturated rings. The van der Waals surface area contributed by atoms with Gasteiger partial charge in [0.1, 0.15) is 0 Å². The van der Waals surface area contributed by atoms with Crippen molar-refractivity contribution in [2.45, 2.75) is 12.8 Å². The summed E-state index contributed by atoms with van der Waals surface area (Å²) in [6.07, 6.45) is 4.87. The summed E-state index contributed by atoms with van der Waals surface area (Å²) in [5.74, 6) is 4.98. The van der Waals surface area contributed by atoms with Gasteiger partial charge in [0, 0.05) is 32.1 Å². The molecule has 112 valence electrons. The lowest BCUT2D eigenvalue weighted by molar-refractivity contribution is -0.136. The lowest BCUT2D eigenvalue weighted by Gasteiger charge is -2.32. The van der Waals surface area contributed by atoms with E-state index in [0.29, 0.717) is 45.6 Å². The van der Waals surface area contributed by atoms with E-state index in [2.05, 4.69) is 18.6 Å². The molecule has 1 aliphatic rings. The Kier molecular flexibility index (Phi) is 6.97. The number of rotatable bonds is 7. The normalized spacial score (nSPS) is 16.0. The third kappa shape index (κ3) is 4.79. The number of hydrazine groups is 1. The van der Waals surface area contributed by atoms with Crippen LogP contribution in [-0.2, 0) is 9.59 Å². The topological polar surface area (TPSA) is 78.7 Å². The number of nitrogens with one attached hydrogen (secondary N) is 1. The SMILES string of the molecule is C=CCN(CC=C)CC(=O)N1CCC(C(=O)NN)CC1. The average molecular weight is 280 g/mol. The highest BCUT2D eigenvalue weighted by atomic mass is 16.2. The molecule has 1 aliphatic heterocycles. The molecular weight excluding hydrogens is 256 g/mol. The lowest BCUT2D eigenvalue weighted by atomic mass is 9.96. The highest BCUT2D eigenvalue weighted by molar-refractivity contribution is 5.80. The minimum absolute atomic E-state index is 0.0819. The third-order valence-electron chi connectivity index (χ3n) is 3.49. The van der Waals surface area contributed by atoms with Gasteiger partial charge in [-0.1, -0.05) is 12.2 Å². The van der Waals surface area contributed by atoms with Crippen molar-refractivity contribution in [1.82, 2.24) is 15.2 Å². The van der Waals surface area contributed by atoms with Crippen LogP contribution in [0.25, 0.3) is 0 Å². The fourth-order valence-electron chi connectivity index (χ4n) is 2.37. The summed E-state index contributed by atoms with van der Waals surface area (Å²) < 4.78 is 0. The summed E-state index contributed by atoms with van der Waals surface area (Å²) in [4.78, 5) is 27.4. The van der Waals surface area contributed by atoms with Gasteiger partial charge >= 0.3 is 0 Å². The third-order valence-corrected chi connectivity index (χ3v) is 3.49. The number of likely N-dealkylation sites (tertiary alicyclic amines) is 1. The molecule has 3 N–H and O–H groups in total. The zero-order valence-electron chi connectivity index (χ0n) is 11.9. The molecule has 0 bridgehead atoms. The first-order chi connectivity index (χ1) is 9.62. The van der Waals surface area contributed by atoms with Crippen molar-refractivity contribution in [1.29, 1.82) is 0 Å². The van der Waals surface area contributed by atoms with Crippen LogP contribution in [0.15, 0.2) is 25.3 Å². The molecular formula is C14H24N4O2. The molecule has 0 spiro atoms. The van der Waals surface area contributed by atoms with Crippen LogP contribution in [0.1, 0.15) is 12.8 Å². The van der Waals surface area contributed by atoms with Crippen LogP contribution < -0.4 is 11.3 Å². The summed E-state index contributed by atoms with van der Waals surface area (Å²) in [5.41, 5.74) is 2.17. The highest BCUT2D eigenvalue weighted by Crippen LogP contribution is 2.17. The predicted molar refractivity (Wildman–Crippen MR) is 78.5 cm³/mol. The molecule has 6 heteroatoms. The van der Waals surface area contributed by atoms with E-state index in [4.69, 9.17) is 5.84 Å². The number of hydrogen-bond acceptors (Lipinski definition) is 4. The van der Waals surface area contributed by atoms with E-state index in [9.17, 15) is 9.59 Å². The van der Waals surface area contributed by atoms with E-state index in [-0.39, 0.29) is 17.7 Å². The molecule has 0 radical (unpaired) electrons. The molecule has 2 amide bonds. The zero-order chi connectivity index (χ0) is 15.0.